The number of aryl methyl sites for hydroxylation is 3. The molecule has 0 saturated heterocycles. The number of halogens is 1. The van der Waals surface area contributed by atoms with Crippen LogP contribution in [0.4, 0.5) is 0 Å². The van der Waals surface area contributed by atoms with E-state index in [-0.39, 0.29) is 12.4 Å². The summed E-state index contributed by atoms with van der Waals surface area (Å²) >= 11 is 1.98. The van der Waals surface area contributed by atoms with Crippen molar-refractivity contribution in [3.05, 3.63) is 51.5 Å². The van der Waals surface area contributed by atoms with Crippen LogP contribution in [0.2, 0.25) is 0 Å². The summed E-state index contributed by atoms with van der Waals surface area (Å²) in [6, 6.07) is 9.11. The normalized spacial score (nSPS) is 18.9. The van der Waals surface area contributed by atoms with Crippen molar-refractivity contribution in [1.82, 2.24) is 4.98 Å². The molecular weight excluding hydrogens is 358 g/mol. The molecule has 1 unspecified atom stereocenters. The Bertz CT molecular complexity index is 972. The fraction of sp³-hybridized carbons (Fsp3) is 0.435. The first-order valence-corrected chi connectivity index (χ1v) is 10.6. The molecule has 0 spiro atoms. The van der Waals surface area contributed by atoms with E-state index in [2.05, 4.69) is 38.1 Å². The van der Waals surface area contributed by atoms with E-state index in [0.717, 1.165) is 0 Å². The third kappa shape index (κ3) is 2.78. The molecule has 0 N–H and O–H groups in total. The first-order chi connectivity index (χ1) is 12.2. The van der Waals surface area contributed by atoms with Gasteiger partial charge in [0.2, 0.25) is 0 Å². The monoisotopic (exact) mass is 382 g/mol. The molecule has 0 amide bonds. The van der Waals surface area contributed by atoms with Gasteiger partial charge < -0.3 is 12.4 Å². The minimum absolute atomic E-state index is 0. The highest BCUT2D eigenvalue weighted by atomic mass is 35.5. The largest absolute Gasteiger partial charge is 1.00 e. The zero-order valence-electron chi connectivity index (χ0n) is 15.6. The van der Waals surface area contributed by atoms with Crippen LogP contribution in [0, 0.1) is 6.92 Å². The molecule has 0 fully saturated rings. The van der Waals surface area contributed by atoms with Crippen molar-refractivity contribution in [2.75, 3.05) is 0 Å². The van der Waals surface area contributed by atoms with E-state index >= 15 is 0 Å². The topological polar surface area (TPSA) is 12.9 Å². The maximum absolute atomic E-state index is 5.23. The Hall–Kier alpha value is -1.38. The van der Waals surface area contributed by atoms with Crippen LogP contribution < -0.4 is 12.4 Å². The quantitative estimate of drug-likeness (QED) is 0.626. The number of rotatable bonds is 1. The van der Waals surface area contributed by atoms with E-state index in [9.17, 15) is 0 Å². The van der Waals surface area contributed by atoms with Crippen LogP contribution in [-0.2, 0) is 19.3 Å². The summed E-state index contributed by atoms with van der Waals surface area (Å²) in [5.41, 5.74) is 8.83. The van der Waals surface area contributed by atoms with Gasteiger partial charge >= 0.3 is 0 Å². The summed E-state index contributed by atoms with van der Waals surface area (Å²) in [6.07, 6.45) is 8.94. The Balaban J connectivity index is 0.00000168. The van der Waals surface area contributed by atoms with Crippen molar-refractivity contribution < 1.29 is 12.4 Å². The number of nitrogens with zero attached hydrogens (tertiary/aromatic N) is 1. The van der Waals surface area contributed by atoms with Gasteiger partial charge in [-0.1, -0.05) is 36.8 Å². The van der Waals surface area contributed by atoms with Crippen molar-refractivity contribution in [2.24, 2.45) is 0 Å². The molecule has 2 aliphatic carbocycles. The van der Waals surface area contributed by atoms with Crippen molar-refractivity contribution in [1.29, 1.82) is 0 Å². The Labute approximate surface area is 166 Å². The summed E-state index contributed by atoms with van der Waals surface area (Å²) in [5.74, 6) is 0.593. The standard InChI is InChI=1S/C23H25NS.ClH/c1-14-7-5-9-16(13-14)20-18-11-6-8-15(2)22(18)24-23-21(20)17-10-3-4-12-19(17)25-23;/h5,7,9,13,15H,3-4,6,8,10-12H2,1-2H3;1H/p-1. The SMILES string of the molecule is Cc1cccc(-c2c3c(nc4sc5c(c24)CCCC5)C(C)CCC3)c1.[Cl-]. The second kappa shape index (κ2) is 6.98. The summed E-state index contributed by atoms with van der Waals surface area (Å²) in [4.78, 5) is 8.14. The van der Waals surface area contributed by atoms with E-state index in [1.54, 1.807) is 16.0 Å². The van der Waals surface area contributed by atoms with Crippen LogP contribution in [-0.4, -0.2) is 4.98 Å². The molecule has 26 heavy (non-hydrogen) atoms. The minimum Gasteiger partial charge on any atom is -1.00 e. The average molecular weight is 383 g/mol. The van der Waals surface area contributed by atoms with Gasteiger partial charge in [0, 0.05) is 16.0 Å². The van der Waals surface area contributed by atoms with Crippen LogP contribution >= 0.6 is 11.3 Å². The molecule has 2 aliphatic rings. The predicted molar refractivity (Wildman–Crippen MR) is 108 cm³/mol. The molecule has 2 heterocycles. The molecule has 136 valence electrons. The zero-order valence-corrected chi connectivity index (χ0v) is 17.1. The first kappa shape index (κ1) is 18.0. The van der Waals surface area contributed by atoms with Gasteiger partial charge in [-0.2, -0.15) is 0 Å². The molecule has 5 rings (SSSR count). The first-order valence-electron chi connectivity index (χ1n) is 9.76. The third-order valence-corrected chi connectivity index (χ3v) is 7.26. The number of fused-ring (bicyclic) bond motifs is 4. The van der Waals surface area contributed by atoms with Gasteiger partial charge in [-0.15, -0.1) is 11.3 Å². The van der Waals surface area contributed by atoms with E-state index in [1.807, 2.05) is 11.3 Å². The lowest BCUT2D eigenvalue weighted by Crippen LogP contribution is -3.00. The highest BCUT2D eigenvalue weighted by Crippen LogP contribution is 2.46. The van der Waals surface area contributed by atoms with Crippen LogP contribution in [0.25, 0.3) is 21.3 Å². The number of hydrogen-bond acceptors (Lipinski definition) is 2. The van der Waals surface area contributed by atoms with E-state index < -0.39 is 0 Å². The number of pyridine rings is 1. The van der Waals surface area contributed by atoms with Crippen molar-refractivity contribution in [2.45, 2.75) is 64.7 Å². The lowest BCUT2D eigenvalue weighted by molar-refractivity contribution is -0.00000505. The molecule has 1 atom stereocenters. The highest BCUT2D eigenvalue weighted by molar-refractivity contribution is 7.19. The predicted octanol–water partition coefficient (Wildman–Crippen LogP) is 3.59. The molecule has 1 aromatic carbocycles. The lowest BCUT2D eigenvalue weighted by atomic mass is 9.81. The van der Waals surface area contributed by atoms with Gasteiger partial charge in [0.25, 0.3) is 0 Å². The third-order valence-electron chi connectivity index (χ3n) is 6.07. The Morgan fingerprint density at radius 2 is 1.85 bits per heavy atom. The molecule has 3 heteroatoms. The Morgan fingerprint density at radius 1 is 1.04 bits per heavy atom. The van der Waals surface area contributed by atoms with Gasteiger partial charge in [0.1, 0.15) is 4.83 Å². The molecular formula is C23H25ClNS-. The maximum Gasteiger partial charge on any atom is 0.124 e. The van der Waals surface area contributed by atoms with Crippen molar-refractivity contribution in [3.8, 4) is 11.1 Å². The average Bonchev–Trinajstić information content (AvgIpc) is 2.99. The van der Waals surface area contributed by atoms with Gasteiger partial charge in [-0.05, 0) is 80.0 Å². The van der Waals surface area contributed by atoms with Crippen LogP contribution in [0.15, 0.2) is 24.3 Å². The van der Waals surface area contributed by atoms with Gasteiger partial charge in [0.05, 0.1) is 0 Å². The summed E-state index contributed by atoms with van der Waals surface area (Å²) < 4.78 is 0. The van der Waals surface area contributed by atoms with Crippen molar-refractivity contribution in [3.63, 3.8) is 0 Å². The summed E-state index contributed by atoms with van der Waals surface area (Å²) in [5, 5.41) is 1.50. The molecule has 3 aromatic rings. The number of aromatic nitrogens is 1. The number of thiophene rings is 1. The maximum atomic E-state index is 5.23. The second-order valence-electron chi connectivity index (χ2n) is 7.90. The van der Waals surface area contributed by atoms with E-state index in [4.69, 9.17) is 4.98 Å². The fourth-order valence-corrected chi connectivity index (χ4v) is 6.12. The minimum atomic E-state index is 0. The molecule has 1 nitrogen and oxygen atoms in total. The fourth-order valence-electron chi connectivity index (χ4n) is 4.85. The molecule has 0 bridgehead atoms. The van der Waals surface area contributed by atoms with E-state index in [0.29, 0.717) is 5.92 Å². The van der Waals surface area contributed by atoms with Crippen LogP contribution in [0.3, 0.4) is 0 Å². The molecule has 0 saturated carbocycles. The second-order valence-corrected chi connectivity index (χ2v) is 8.99. The molecule has 0 aliphatic heterocycles. The van der Waals surface area contributed by atoms with Crippen LogP contribution in [0.5, 0.6) is 0 Å². The summed E-state index contributed by atoms with van der Waals surface area (Å²) in [7, 11) is 0. The van der Waals surface area contributed by atoms with Gasteiger partial charge in [-0.3, -0.25) is 0 Å². The van der Waals surface area contributed by atoms with Gasteiger partial charge in [0.15, 0.2) is 0 Å². The zero-order chi connectivity index (χ0) is 17.0. The lowest BCUT2D eigenvalue weighted by Gasteiger charge is -2.25. The van der Waals surface area contributed by atoms with Crippen LogP contribution in [0.1, 0.15) is 65.8 Å². The summed E-state index contributed by atoms with van der Waals surface area (Å²) in [6.45, 7) is 4.57. The van der Waals surface area contributed by atoms with E-state index in [1.165, 1.54) is 77.5 Å². The Morgan fingerprint density at radius 3 is 2.69 bits per heavy atom. The Kier molecular flexibility index (Phi) is 4.83. The molecule has 0 radical (unpaired) electrons. The van der Waals surface area contributed by atoms with Gasteiger partial charge in [-0.25, -0.2) is 4.98 Å². The highest BCUT2D eigenvalue weighted by Gasteiger charge is 2.27. The molecule has 2 aromatic heterocycles. The smallest absolute Gasteiger partial charge is 0.124 e. The number of benzene rings is 1. The number of hydrogen-bond donors (Lipinski definition) is 0. The van der Waals surface area contributed by atoms with Crippen molar-refractivity contribution >= 4 is 21.6 Å².